The molecule has 1 aromatic carbocycles. The van der Waals surface area contributed by atoms with Gasteiger partial charge in [0.15, 0.2) is 0 Å². The van der Waals surface area contributed by atoms with Crippen LogP contribution in [0.5, 0.6) is 11.5 Å². The Labute approximate surface area is 91.2 Å². The van der Waals surface area contributed by atoms with E-state index in [0.717, 1.165) is 28.2 Å². The highest BCUT2D eigenvalue weighted by Crippen LogP contribution is 2.36. The summed E-state index contributed by atoms with van der Waals surface area (Å²) in [4.78, 5) is 0. The number of hydrogen-bond donors (Lipinski definition) is 1. The molecule has 0 aliphatic carbocycles. The molecule has 1 aromatic rings. The summed E-state index contributed by atoms with van der Waals surface area (Å²) in [5.74, 6) is 1.73. The molecule has 0 aliphatic heterocycles. The average Bonchev–Trinajstić information content (AvgIpc) is 2.19. The van der Waals surface area contributed by atoms with Crippen molar-refractivity contribution in [2.75, 3.05) is 14.2 Å². The van der Waals surface area contributed by atoms with E-state index in [4.69, 9.17) is 15.2 Å². The first-order valence-corrected chi connectivity index (χ1v) is 5.00. The van der Waals surface area contributed by atoms with Gasteiger partial charge in [-0.15, -0.1) is 0 Å². The summed E-state index contributed by atoms with van der Waals surface area (Å²) in [6.07, 6.45) is 0. The van der Waals surface area contributed by atoms with Gasteiger partial charge in [0, 0.05) is 11.6 Å². The highest BCUT2D eigenvalue weighted by Gasteiger charge is 2.17. The van der Waals surface area contributed by atoms with Crippen LogP contribution in [-0.4, -0.2) is 14.2 Å². The molecule has 0 amide bonds. The minimum Gasteiger partial charge on any atom is -0.496 e. The van der Waals surface area contributed by atoms with E-state index in [9.17, 15) is 0 Å². The number of ether oxygens (including phenoxy) is 2. The normalized spacial score (nSPS) is 12.4. The molecule has 1 unspecified atom stereocenters. The van der Waals surface area contributed by atoms with Gasteiger partial charge in [0.05, 0.1) is 14.2 Å². The summed E-state index contributed by atoms with van der Waals surface area (Å²) in [6, 6.07) is 1.91. The predicted octanol–water partition coefficient (Wildman–Crippen LogP) is 2.34. The molecule has 15 heavy (non-hydrogen) atoms. The summed E-state index contributed by atoms with van der Waals surface area (Å²) < 4.78 is 10.7. The molecule has 0 aromatic heterocycles. The highest BCUT2D eigenvalue weighted by atomic mass is 16.5. The van der Waals surface area contributed by atoms with Crippen molar-refractivity contribution >= 4 is 0 Å². The van der Waals surface area contributed by atoms with Gasteiger partial charge in [-0.1, -0.05) is 0 Å². The predicted molar refractivity (Wildman–Crippen MR) is 61.6 cm³/mol. The third-order valence-corrected chi connectivity index (χ3v) is 2.60. The minimum absolute atomic E-state index is 0.0613. The monoisotopic (exact) mass is 209 g/mol. The smallest absolute Gasteiger partial charge is 0.127 e. The van der Waals surface area contributed by atoms with Gasteiger partial charge in [-0.2, -0.15) is 0 Å². The zero-order valence-electron chi connectivity index (χ0n) is 10.0. The lowest BCUT2D eigenvalue weighted by Gasteiger charge is -2.19. The fraction of sp³-hybridized carbons (Fsp3) is 0.500. The Morgan fingerprint density at radius 3 is 2.20 bits per heavy atom. The van der Waals surface area contributed by atoms with Crippen LogP contribution in [0.3, 0.4) is 0 Å². The summed E-state index contributed by atoms with van der Waals surface area (Å²) in [7, 11) is 3.33. The molecule has 0 spiro atoms. The largest absolute Gasteiger partial charge is 0.496 e. The zero-order chi connectivity index (χ0) is 11.6. The van der Waals surface area contributed by atoms with Crippen molar-refractivity contribution in [2.24, 2.45) is 5.73 Å². The second kappa shape index (κ2) is 4.53. The van der Waals surface area contributed by atoms with E-state index in [-0.39, 0.29) is 6.04 Å². The molecule has 0 saturated carbocycles. The maximum atomic E-state index is 5.95. The maximum Gasteiger partial charge on any atom is 0.127 e. The lowest BCUT2D eigenvalue weighted by molar-refractivity contribution is 0.391. The molecular weight excluding hydrogens is 190 g/mol. The van der Waals surface area contributed by atoms with Crippen LogP contribution in [0.4, 0.5) is 0 Å². The molecule has 1 atom stereocenters. The summed E-state index contributed by atoms with van der Waals surface area (Å²) >= 11 is 0. The van der Waals surface area contributed by atoms with E-state index in [1.807, 2.05) is 26.8 Å². The third kappa shape index (κ3) is 2.07. The SMILES string of the molecule is COc1cc(C)c(OC)c(C(C)N)c1C. The van der Waals surface area contributed by atoms with Gasteiger partial charge in [-0.05, 0) is 38.0 Å². The number of methoxy groups -OCH3 is 2. The van der Waals surface area contributed by atoms with Crippen molar-refractivity contribution in [3.63, 3.8) is 0 Å². The quantitative estimate of drug-likeness (QED) is 0.831. The Kier molecular flexibility index (Phi) is 3.58. The van der Waals surface area contributed by atoms with E-state index in [1.165, 1.54) is 0 Å². The van der Waals surface area contributed by atoms with Crippen molar-refractivity contribution in [1.29, 1.82) is 0 Å². The number of hydrogen-bond acceptors (Lipinski definition) is 3. The Balaban J connectivity index is 3.48. The standard InChI is InChI=1S/C12H19NO2/c1-7-6-10(14-4)8(2)11(9(3)13)12(7)15-5/h6,9H,13H2,1-5H3. The zero-order valence-corrected chi connectivity index (χ0v) is 10.0. The van der Waals surface area contributed by atoms with Crippen LogP contribution in [0.25, 0.3) is 0 Å². The maximum absolute atomic E-state index is 5.95. The van der Waals surface area contributed by atoms with Gasteiger partial charge in [-0.25, -0.2) is 0 Å². The number of nitrogens with two attached hydrogens (primary N) is 1. The molecule has 3 nitrogen and oxygen atoms in total. The lowest BCUT2D eigenvalue weighted by atomic mass is 9.97. The summed E-state index contributed by atoms with van der Waals surface area (Å²) in [5.41, 5.74) is 9.07. The Bertz CT molecular complexity index is 359. The minimum atomic E-state index is -0.0613. The number of benzene rings is 1. The molecule has 0 saturated heterocycles. The fourth-order valence-corrected chi connectivity index (χ4v) is 1.92. The topological polar surface area (TPSA) is 44.5 Å². The van der Waals surface area contributed by atoms with E-state index in [2.05, 4.69) is 0 Å². The molecule has 0 fully saturated rings. The van der Waals surface area contributed by atoms with E-state index in [1.54, 1.807) is 14.2 Å². The van der Waals surface area contributed by atoms with Crippen molar-refractivity contribution < 1.29 is 9.47 Å². The van der Waals surface area contributed by atoms with Crippen molar-refractivity contribution in [3.05, 3.63) is 22.8 Å². The van der Waals surface area contributed by atoms with Crippen LogP contribution < -0.4 is 15.2 Å². The van der Waals surface area contributed by atoms with E-state index in [0.29, 0.717) is 0 Å². The first-order valence-electron chi connectivity index (χ1n) is 5.00. The van der Waals surface area contributed by atoms with Crippen molar-refractivity contribution in [2.45, 2.75) is 26.8 Å². The van der Waals surface area contributed by atoms with Crippen molar-refractivity contribution in [1.82, 2.24) is 0 Å². The Hall–Kier alpha value is -1.22. The molecule has 0 aliphatic rings. The summed E-state index contributed by atoms with van der Waals surface area (Å²) in [6.45, 7) is 5.94. The van der Waals surface area contributed by atoms with Gasteiger partial charge in [0.1, 0.15) is 11.5 Å². The third-order valence-electron chi connectivity index (χ3n) is 2.60. The first-order chi connectivity index (χ1) is 7.02. The molecule has 0 bridgehead atoms. The van der Waals surface area contributed by atoms with Crippen LogP contribution in [-0.2, 0) is 0 Å². The second-order valence-electron chi connectivity index (χ2n) is 3.76. The Morgan fingerprint density at radius 1 is 1.20 bits per heavy atom. The summed E-state index contributed by atoms with van der Waals surface area (Å²) in [5, 5.41) is 0. The van der Waals surface area contributed by atoms with Crippen LogP contribution in [0.2, 0.25) is 0 Å². The van der Waals surface area contributed by atoms with Gasteiger partial charge < -0.3 is 15.2 Å². The lowest BCUT2D eigenvalue weighted by Crippen LogP contribution is -2.11. The Morgan fingerprint density at radius 2 is 1.80 bits per heavy atom. The van der Waals surface area contributed by atoms with Gasteiger partial charge in [-0.3, -0.25) is 0 Å². The van der Waals surface area contributed by atoms with Crippen LogP contribution in [0.15, 0.2) is 6.07 Å². The molecular formula is C12H19NO2. The average molecular weight is 209 g/mol. The van der Waals surface area contributed by atoms with Gasteiger partial charge >= 0.3 is 0 Å². The van der Waals surface area contributed by atoms with E-state index >= 15 is 0 Å². The highest BCUT2D eigenvalue weighted by molar-refractivity contribution is 5.53. The molecule has 1 rings (SSSR count). The van der Waals surface area contributed by atoms with Crippen LogP contribution >= 0.6 is 0 Å². The first kappa shape index (κ1) is 11.9. The van der Waals surface area contributed by atoms with E-state index < -0.39 is 0 Å². The van der Waals surface area contributed by atoms with Gasteiger partial charge in [0.25, 0.3) is 0 Å². The second-order valence-corrected chi connectivity index (χ2v) is 3.76. The van der Waals surface area contributed by atoms with Gasteiger partial charge in [0.2, 0.25) is 0 Å². The molecule has 0 radical (unpaired) electrons. The molecule has 84 valence electrons. The van der Waals surface area contributed by atoms with Crippen LogP contribution in [0, 0.1) is 13.8 Å². The number of aryl methyl sites for hydroxylation is 1. The molecule has 0 heterocycles. The van der Waals surface area contributed by atoms with Crippen LogP contribution in [0.1, 0.15) is 29.7 Å². The molecule has 2 N–H and O–H groups in total. The van der Waals surface area contributed by atoms with Crippen molar-refractivity contribution in [3.8, 4) is 11.5 Å². The number of rotatable bonds is 3. The molecule has 3 heteroatoms. The fourth-order valence-electron chi connectivity index (χ4n) is 1.92.